The first-order valence-corrected chi connectivity index (χ1v) is 10.1. The molecular weight excluding hydrogens is 428 g/mol. The van der Waals surface area contributed by atoms with Gasteiger partial charge in [-0.1, -0.05) is 49.4 Å². The summed E-state index contributed by atoms with van der Waals surface area (Å²) in [6, 6.07) is 22.3. The van der Waals surface area contributed by atoms with Gasteiger partial charge in [0.05, 0.1) is 11.6 Å². The van der Waals surface area contributed by atoms with Gasteiger partial charge in [-0.15, -0.1) is 0 Å². The lowest BCUT2D eigenvalue weighted by molar-refractivity contribution is -0.118. The Kier molecular flexibility index (Phi) is 7.12. The Labute approximate surface area is 178 Å². The molecule has 146 valence electrons. The van der Waals surface area contributed by atoms with E-state index in [0.29, 0.717) is 17.9 Å². The van der Waals surface area contributed by atoms with E-state index in [1.165, 1.54) is 0 Å². The van der Waals surface area contributed by atoms with Crippen LogP contribution in [0, 0.1) is 11.3 Å². The average Bonchev–Trinajstić information content (AvgIpc) is 2.76. The van der Waals surface area contributed by atoms with Crippen LogP contribution in [-0.2, 0) is 4.79 Å². The second kappa shape index (κ2) is 9.97. The minimum absolute atomic E-state index is 0.168. The molecule has 3 rings (SSSR count). The summed E-state index contributed by atoms with van der Waals surface area (Å²) in [5, 5.41) is 15.2. The number of nitriles is 1. The number of pyridine rings is 1. The van der Waals surface area contributed by atoms with E-state index in [9.17, 15) is 4.79 Å². The molecule has 0 bridgehead atoms. The van der Waals surface area contributed by atoms with Crippen LogP contribution in [0.2, 0.25) is 0 Å². The van der Waals surface area contributed by atoms with Crippen molar-refractivity contribution in [1.82, 2.24) is 10.3 Å². The number of nitrogens with one attached hydrogen (secondary N) is 2. The maximum atomic E-state index is 13.0. The molecule has 5 nitrogen and oxygen atoms in total. The molecule has 0 aliphatic heterocycles. The number of hydrogen-bond donors (Lipinski definition) is 2. The van der Waals surface area contributed by atoms with Crippen LogP contribution in [0.4, 0.5) is 5.82 Å². The Morgan fingerprint density at radius 1 is 1.07 bits per heavy atom. The van der Waals surface area contributed by atoms with Gasteiger partial charge in [0.1, 0.15) is 11.9 Å². The van der Waals surface area contributed by atoms with E-state index in [-0.39, 0.29) is 11.8 Å². The lowest BCUT2D eigenvalue weighted by Crippen LogP contribution is -2.35. The molecule has 0 saturated carbocycles. The molecule has 0 aliphatic carbocycles. The minimum Gasteiger partial charge on any atom is -0.309 e. The molecule has 3 aromatic rings. The summed E-state index contributed by atoms with van der Waals surface area (Å²) in [5.41, 5.74) is 2.63. The van der Waals surface area contributed by atoms with Crippen LogP contribution in [0.1, 0.15) is 35.6 Å². The van der Waals surface area contributed by atoms with Crippen molar-refractivity contribution in [1.29, 1.82) is 5.26 Å². The van der Waals surface area contributed by atoms with Crippen LogP contribution >= 0.6 is 15.9 Å². The van der Waals surface area contributed by atoms with Crippen LogP contribution < -0.4 is 10.6 Å². The second-order valence-corrected chi connectivity index (χ2v) is 7.65. The van der Waals surface area contributed by atoms with E-state index >= 15 is 0 Å². The highest BCUT2D eigenvalue weighted by molar-refractivity contribution is 9.10. The summed E-state index contributed by atoms with van der Waals surface area (Å²) in [7, 11) is 0. The first-order valence-electron chi connectivity index (χ1n) is 9.27. The van der Waals surface area contributed by atoms with Gasteiger partial charge < -0.3 is 10.6 Å². The van der Waals surface area contributed by atoms with Crippen LogP contribution in [0.3, 0.4) is 0 Å². The highest BCUT2D eigenvalue weighted by Gasteiger charge is 2.21. The predicted octanol–water partition coefficient (Wildman–Crippen LogP) is 4.79. The highest BCUT2D eigenvalue weighted by atomic mass is 79.9. The summed E-state index contributed by atoms with van der Waals surface area (Å²) >= 11 is 3.34. The summed E-state index contributed by atoms with van der Waals surface area (Å²) in [6.45, 7) is 2.69. The molecule has 1 heterocycles. The first kappa shape index (κ1) is 20.7. The van der Waals surface area contributed by atoms with Crippen molar-refractivity contribution < 1.29 is 4.79 Å². The first-order chi connectivity index (χ1) is 14.1. The zero-order valence-electron chi connectivity index (χ0n) is 16.0. The monoisotopic (exact) mass is 448 g/mol. The van der Waals surface area contributed by atoms with Crippen molar-refractivity contribution in [2.24, 2.45) is 0 Å². The fourth-order valence-electron chi connectivity index (χ4n) is 2.95. The van der Waals surface area contributed by atoms with Crippen LogP contribution in [0.5, 0.6) is 0 Å². The smallest absolute Gasteiger partial charge is 0.247 e. The molecule has 2 atom stereocenters. The number of benzene rings is 2. The van der Waals surface area contributed by atoms with Crippen molar-refractivity contribution in [2.45, 2.75) is 18.9 Å². The van der Waals surface area contributed by atoms with Crippen molar-refractivity contribution in [3.8, 4) is 6.07 Å². The highest BCUT2D eigenvalue weighted by Crippen LogP contribution is 2.20. The molecule has 1 amide bonds. The van der Waals surface area contributed by atoms with E-state index in [4.69, 9.17) is 5.26 Å². The number of carbonyl (C=O) groups is 1. The molecule has 6 heteroatoms. The number of anilines is 1. The van der Waals surface area contributed by atoms with Gasteiger partial charge in [-0.05, 0) is 57.2 Å². The molecule has 0 spiro atoms. The standard InChI is InChI=1S/C23H21BrN4O/c1-16(18-9-7-17(13-25)8-10-18)14-27-22(19-5-3-2-4-6-19)23(29)28-21-12-11-20(24)15-26-21/h2-12,15-16,22,27H,14H2,1H3,(H,26,28,29). The van der Waals surface area contributed by atoms with Crippen molar-refractivity contribution >= 4 is 27.7 Å². The summed E-state index contributed by atoms with van der Waals surface area (Å²) in [6.07, 6.45) is 1.65. The SMILES string of the molecule is CC(CNC(C(=O)Nc1ccc(Br)cn1)c1ccccc1)c1ccc(C#N)cc1. The lowest BCUT2D eigenvalue weighted by Gasteiger charge is -2.21. The van der Waals surface area contributed by atoms with Crippen LogP contribution in [-0.4, -0.2) is 17.4 Å². The third kappa shape index (κ3) is 5.74. The predicted molar refractivity (Wildman–Crippen MR) is 117 cm³/mol. The molecule has 29 heavy (non-hydrogen) atoms. The zero-order valence-corrected chi connectivity index (χ0v) is 17.6. The van der Waals surface area contributed by atoms with Crippen molar-refractivity contribution in [3.05, 3.63) is 94.1 Å². The van der Waals surface area contributed by atoms with Gasteiger partial charge in [0.15, 0.2) is 0 Å². The maximum Gasteiger partial charge on any atom is 0.247 e. The molecule has 2 unspecified atom stereocenters. The third-order valence-corrected chi connectivity index (χ3v) is 5.08. The van der Waals surface area contributed by atoms with E-state index in [1.54, 1.807) is 12.3 Å². The van der Waals surface area contributed by atoms with Gasteiger partial charge >= 0.3 is 0 Å². The third-order valence-electron chi connectivity index (χ3n) is 4.61. The average molecular weight is 449 g/mol. The quantitative estimate of drug-likeness (QED) is 0.544. The number of rotatable bonds is 7. The number of halogens is 1. The van der Waals surface area contributed by atoms with E-state index in [2.05, 4.69) is 44.5 Å². The number of aromatic nitrogens is 1. The Morgan fingerprint density at radius 2 is 1.79 bits per heavy atom. The normalized spacial score (nSPS) is 12.6. The molecule has 0 fully saturated rings. The Balaban J connectivity index is 1.72. The molecule has 2 aromatic carbocycles. The largest absolute Gasteiger partial charge is 0.309 e. The summed E-state index contributed by atoms with van der Waals surface area (Å²) in [5.74, 6) is 0.506. The van der Waals surface area contributed by atoms with E-state index < -0.39 is 6.04 Å². The summed E-state index contributed by atoms with van der Waals surface area (Å²) < 4.78 is 0.851. The number of amides is 1. The van der Waals surface area contributed by atoms with Gasteiger partial charge in [-0.3, -0.25) is 4.79 Å². The van der Waals surface area contributed by atoms with Crippen molar-refractivity contribution in [3.63, 3.8) is 0 Å². The van der Waals surface area contributed by atoms with Gasteiger partial charge in [0, 0.05) is 17.2 Å². The molecule has 0 aliphatic rings. The minimum atomic E-state index is -0.512. The zero-order chi connectivity index (χ0) is 20.6. The van der Waals surface area contributed by atoms with Gasteiger partial charge in [-0.2, -0.15) is 5.26 Å². The summed E-state index contributed by atoms with van der Waals surface area (Å²) in [4.78, 5) is 17.2. The fraction of sp³-hybridized carbons (Fsp3) is 0.174. The molecule has 0 radical (unpaired) electrons. The maximum absolute atomic E-state index is 13.0. The second-order valence-electron chi connectivity index (χ2n) is 6.74. The molecule has 0 saturated heterocycles. The number of nitrogens with zero attached hydrogens (tertiary/aromatic N) is 2. The van der Waals surface area contributed by atoms with Crippen LogP contribution in [0.15, 0.2) is 77.4 Å². The van der Waals surface area contributed by atoms with Crippen molar-refractivity contribution in [2.75, 3.05) is 11.9 Å². The van der Waals surface area contributed by atoms with Gasteiger partial charge in [0.25, 0.3) is 0 Å². The fourth-order valence-corrected chi connectivity index (χ4v) is 3.19. The van der Waals surface area contributed by atoms with Gasteiger partial charge in [-0.25, -0.2) is 4.98 Å². The molecular formula is C23H21BrN4O. The Hall–Kier alpha value is -3.01. The molecule has 1 aromatic heterocycles. The Morgan fingerprint density at radius 3 is 2.41 bits per heavy atom. The van der Waals surface area contributed by atoms with Crippen LogP contribution in [0.25, 0.3) is 0 Å². The molecule has 2 N–H and O–H groups in total. The topological polar surface area (TPSA) is 77.8 Å². The Bertz CT molecular complexity index is 982. The van der Waals surface area contributed by atoms with E-state index in [0.717, 1.165) is 15.6 Å². The number of hydrogen-bond acceptors (Lipinski definition) is 4. The lowest BCUT2D eigenvalue weighted by atomic mass is 9.98. The van der Waals surface area contributed by atoms with Gasteiger partial charge in [0.2, 0.25) is 5.91 Å². The van der Waals surface area contributed by atoms with E-state index in [1.807, 2.05) is 60.7 Å². The number of carbonyl (C=O) groups excluding carboxylic acids is 1.